The second kappa shape index (κ2) is 7.96. The number of imidazole rings is 1. The molecule has 2 heterocycles. The maximum atomic E-state index is 12.4. The largest absolute Gasteiger partial charge is 0.459 e. The number of hydrogen-bond acceptors (Lipinski definition) is 3. The summed E-state index contributed by atoms with van der Waals surface area (Å²) >= 11 is 0. The first-order valence-electron chi connectivity index (χ1n) is 9.23. The van der Waals surface area contributed by atoms with Gasteiger partial charge in [-0.25, -0.2) is 4.98 Å². The minimum absolute atomic E-state index is 0.254. The van der Waals surface area contributed by atoms with Gasteiger partial charge in [-0.3, -0.25) is 4.79 Å². The standard InChI is InChI=1S/C23H21N3O2/c1-17(24-23(27)21-14-8-16-28-21)22-25-19-12-5-6-13-20(19)26(22)15-7-11-18-9-3-2-4-10-18/h2-14,16-17H,15H2,1H3,(H,24,27)/b11-7+/t17-/m1/s1. The lowest BCUT2D eigenvalue weighted by Gasteiger charge is -2.14. The molecule has 1 atom stereocenters. The van der Waals surface area contributed by atoms with Crippen molar-refractivity contribution in [1.82, 2.24) is 14.9 Å². The molecule has 5 heteroatoms. The molecule has 0 saturated carbocycles. The van der Waals surface area contributed by atoms with Crippen LogP contribution in [0.3, 0.4) is 0 Å². The minimum Gasteiger partial charge on any atom is -0.459 e. The van der Waals surface area contributed by atoms with Crippen LogP contribution in [-0.2, 0) is 6.54 Å². The van der Waals surface area contributed by atoms with Gasteiger partial charge in [0.25, 0.3) is 5.91 Å². The number of carbonyl (C=O) groups excluding carboxylic acids is 1. The summed E-state index contributed by atoms with van der Waals surface area (Å²) in [6, 6.07) is 21.2. The smallest absolute Gasteiger partial charge is 0.287 e. The quantitative estimate of drug-likeness (QED) is 0.528. The zero-order valence-electron chi connectivity index (χ0n) is 15.6. The SMILES string of the molecule is C[C@@H](NC(=O)c1ccco1)c1nc2ccccc2n1C/C=C/c1ccccc1. The van der Waals surface area contributed by atoms with E-state index < -0.39 is 0 Å². The first-order valence-corrected chi connectivity index (χ1v) is 9.23. The van der Waals surface area contributed by atoms with Crippen LogP contribution in [0, 0.1) is 0 Å². The second-order valence-corrected chi connectivity index (χ2v) is 6.55. The van der Waals surface area contributed by atoms with Crippen molar-refractivity contribution in [1.29, 1.82) is 0 Å². The molecule has 0 aliphatic carbocycles. The second-order valence-electron chi connectivity index (χ2n) is 6.55. The van der Waals surface area contributed by atoms with E-state index in [1.807, 2.05) is 49.4 Å². The predicted octanol–water partition coefficient (Wildman–Crippen LogP) is 4.83. The number of hydrogen-bond donors (Lipinski definition) is 1. The average Bonchev–Trinajstić information content (AvgIpc) is 3.37. The highest BCUT2D eigenvalue weighted by Gasteiger charge is 2.19. The predicted molar refractivity (Wildman–Crippen MR) is 110 cm³/mol. The maximum absolute atomic E-state index is 12.4. The van der Waals surface area contributed by atoms with Crippen molar-refractivity contribution >= 4 is 23.0 Å². The van der Waals surface area contributed by atoms with Gasteiger partial charge in [-0.2, -0.15) is 0 Å². The van der Waals surface area contributed by atoms with E-state index in [0.29, 0.717) is 12.3 Å². The molecule has 1 amide bonds. The molecule has 0 fully saturated rings. The molecule has 0 radical (unpaired) electrons. The van der Waals surface area contributed by atoms with Crippen LogP contribution >= 0.6 is 0 Å². The third-order valence-corrected chi connectivity index (χ3v) is 4.56. The highest BCUT2D eigenvalue weighted by Crippen LogP contribution is 2.21. The molecule has 0 saturated heterocycles. The molecular weight excluding hydrogens is 350 g/mol. The Morgan fingerprint density at radius 2 is 1.89 bits per heavy atom. The van der Waals surface area contributed by atoms with Crippen molar-refractivity contribution < 1.29 is 9.21 Å². The molecule has 0 aliphatic heterocycles. The van der Waals surface area contributed by atoms with Gasteiger partial charge >= 0.3 is 0 Å². The third-order valence-electron chi connectivity index (χ3n) is 4.56. The average molecular weight is 371 g/mol. The Bertz CT molecular complexity index is 1100. The molecule has 1 N–H and O–H groups in total. The van der Waals surface area contributed by atoms with Crippen molar-refractivity contribution in [3.05, 3.63) is 96.2 Å². The molecule has 0 bridgehead atoms. The molecule has 4 aromatic rings. The van der Waals surface area contributed by atoms with Crippen molar-refractivity contribution in [2.45, 2.75) is 19.5 Å². The van der Waals surface area contributed by atoms with Crippen LogP contribution in [0.15, 0.2) is 83.5 Å². The summed E-state index contributed by atoms with van der Waals surface area (Å²) in [4.78, 5) is 17.1. The fourth-order valence-corrected chi connectivity index (χ4v) is 3.22. The first-order chi connectivity index (χ1) is 13.7. The number of allylic oxidation sites excluding steroid dienone is 1. The van der Waals surface area contributed by atoms with E-state index in [0.717, 1.165) is 22.4 Å². The Morgan fingerprint density at radius 3 is 2.68 bits per heavy atom. The summed E-state index contributed by atoms with van der Waals surface area (Å²) in [7, 11) is 0. The molecule has 2 aromatic heterocycles. The minimum atomic E-state index is -0.268. The van der Waals surface area contributed by atoms with E-state index in [4.69, 9.17) is 9.40 Å². The summed E-state index contributed by atoms with van der Waals surface area (Å²) < 4.78 is 7.31. The van der Waals surface area contributed by atoms with E-state index >= 15 is 0 Å². The Kier molecular flexibility index (Phi) is 5.06. The monoisotopic (exact) mass is 371 g/mol. The number of aromatic nitrogens is 2. The molecular formula is C23H21N3O2. The number of rotatable bonds is 6. The van der Waals surface area contributed by atoms with Gasteiger partial charge in [0.15, 0.2) is 5.76 Å². The van der Waals surface area contributed by atoms with E-state index in [-0.39, 0.29) is 11.9 Å². The normalized spacial score (nSPS) is 12.5. The van der Waals surface area contributed by atoms with E-state index in [1.54, 1.807) is 12.1 Å². The number of carbonyl (C=O) groups is 1. The van der Waals surface area contributed by atoms with E-state index in [9.17, 15) is 4.79 Å². The van der Waals surface area contributed by atoms with Gasteiger partial charge in [-0.15, -0.1) is 0 Å². The van der Waals surface area contributed by atoms with Crippen molar-refractivity contribution in [3.8, 4) is 0 Å². The lowest BCUT2D eigenvalue weighted by molar-refractivity contribution is 0.0909. The van der Waals surface area contributed by atoms with Gasteiger partial charge in [-0.05, 0) is 36.8 Å². The van der Waals surface area contributed by atoms with Crippen LogP contribution in [0.25, 0.3) is 17.1 Å². The number of benzene rings is 2. The Hall–Kier alpha value is -3.60. The van der Waals surface area contributed by atoms with Gasteiger partial charge in [0, 0.05) is 6.54 Å². The number of nitrogens with zero attached hydrogens (tertiary/aromatic N) is 2. The summed E-state index contributed by atoms with van der Waals surface area (Å²) in [5.74, 6) is 0.841. The van der Waals surface area contributed by atoms with Crippen LogP contribution in [-0.4, -0.2) is 15.5 Å². The summed E-state index contributed by atoms with van der Waals surface area (Å²) in [5.41, 5.74) is 3.09. The highest BCUT2D eigenvalue weighted by atomic mass is 16.3. The maximum Gasteiger partial charge on any atom is 0.287 e. The highest BCUT2D eigenvalue weighted by molar-refractivity contribution is 5.91. The Balaban J connectivity index is 1.61. The van der Waals surface area contributed by atoms with Gasteiger partial charge in [-0.1, -0.05) is 54.6 Å². The molecule has 0 unspecified atom stereocenters. The molecule has 0 aliphatic rings. The molecule has 4 rings (SSSR count). The van der Waals surface area contributed by atoms with E-state index in [2.05, 4.69) is 34.2 Å². The number of amides is 1. The van der Waals surface area contributed by atoms with Gasteiger partial charge < -0.3 is 14.3 Å². The molecule has 28 heavy (non-hydrogen) atoms. The van der Waals surface area contributed by atoms with Crippen LogP contribution in [0.5, 0.6) is 0 Å². The molecule has 140 valence electrons. The zero-order chi connectivity index (χ0) is 19.3. The van der Waals surface area contributed by atoms with Crippen LogP contribution in [0.1, 0.15) is 34.9 Å². The summed E-state index contributed by atoms with van der Waals surface area (Å²) in [5, 5.41) is 2.97. The molecule has 2 aromatic carbocycles. The van der Waals surface area contributed by atoms with Crippen molar-refractivity contribution in [3.63, 3.8) is 0 Å². The van der Waals surface area contributed by atoms with Crippen LogP contribution in [0.2, 0.25) is 0 Å². The van der Waals surface area contributed by atoms with Crippen molar-refractivity contribution in [2.75, 3.05) is 0 Å². The summed E-state index contributed by atoms with van der Waals surface area (Å²) in [6.07, 6.45) is 5.68. The third kappa shape index (κ3) is 3.74. The first kappa shape index (κ1) is 17.8. The van der Waals surface area contributed by atoms with E-state index in [1.165, 1.54) is 6.26 Å². The Labute approximate surface area is 163 Å². The number of nitrogens with one attached hydrogen (secondary N) is 1. The number of fused-ring (bicyclic) bond motifs is 1. The van der Waals surface area contributed by atoms with Gasteiger partial charge in [0.05, 0.1) is 23.3 Å². The van der Waals surface area contributed by atoms with Gasteiger partial charge in [0.2, 0.25) is 0 Å². The number of furan rings is 1. The van der Waals surface area contributed by atoms with Crippen molar-refractivity contribution in [2.24, 2.45) is 0 Å². The van der Waals surface area contributed by atoms with Gasteiger partial charge in [0.1, 0.15) is 5.82 Å². The topological polar surface area (TPSA) is 60.1 Å². The molecule has 0 spiro atoms. The Morgan fingerprint density at radius 1 is 1.11 bits per heavy atom. The lowest BCUT2D eigenvalue weighted by atomic mass is 10.2. The zero-order valence-corrected chi connectivity index (χ0v) is 15.6. The lowest BCUT2D eigenvalue weighted by Crippen LogP contribution is -2.28. The fourth-order valence-electron chi connectivity index (χ4n) is 3.22. The van der Waals surface area contributed by atoms with Crippen LogP contribution < -0.4 is 5.32 Å². The number of para-hydroxylation sites is 2. The van der Waals surface area contributed by atoms with Crippen LogP contribution in [0.4, 0.5) is 0 Å². The summed E-state index contributed by atoms with van der Waals surface area (Å²) in [6.45, 7) is 2.59. The molecule has 5 nitrogen and oxygen atoms in total. The fraction of sp³-hybridized carbons (Fsp3) is 0.130.